The molecule has 6 nitrogen and oxygen atoms in total. The Balaban J connectivity index is 1.39. The van der Waals surface area contributed by atoms with Gasteiger partial charge in [0.05, 0.1) is 5.56 Å². The van der Waals surface area contributed by atoms with Crippen LogP contribution in [0.3, 0.4) is 0 Å². The summed E-state index contributed by atoms with van der Waals surface area (Å²) in [5.74, 6) is 0.913. The largest absolute Gasteiger partial charge is 0.301 e. The van der Waals surface area contributed by atoms with Crippen LogP contribution < -0.4 is 5.32 Å². The molecule has 1 amide bonds. The highest BCUT2D eigenvalue weighted by Crippen LogP contribution is 2.34. The number of nitriles is 1. The van der Waals surface area contributed by atoms with Crippen LogP contribution in [0.5, 0.6) is 0 Å². The summed E-state index contributed by atoms with van der Waals surface area (Å²) >= 11 is 2.81. The molecule has 1 unspecified atom stereocenters. The lowest BCUT2D eigenvalue weighted by molar-refractivity contribution is -0.115. The number of fused-ring (bicyclic) bond motifs is 1. The second kappa shape index (κ2) is 9.37. The number of thioether (sulfide) groups is 1. The van der Waals surface area contributed by atoms with Crippen molar-refractivity contribution in [3.8, 4) is 6.07 Å². The third kappa shape index (κ3) is 4.86. The fourth-order valence-electron chi connectivity index (χ4n) is 3.61. The van der Waals surface area contributed by atoms with E-state index in [4.69, 9.17) is 4.98 Å². The molecule has 3 aromatic rings. The number of rotatable bonds is 6. The molecular formula is C22H21N5OS2. The van der Waals surface area contributed by atoms with E-state index in [2.05, 4.69) is 45.8 Å². The topological polar surface area (TPSA) is 91.6 Å². The predicted octanol–water partition coefficient (Wildman–Crippen LogP) is 4.51. The zero-order valence-corrected chi connectivity index (χ0v) is 18.2. The van der Waals surface area contributed by atoms with Crippen LogP contribution in [-0.2, 0) is 17.6 Å². The zero-order valence-electron chi connectivity index (χ0n) is 16.6. The number of carbonyl (C=O) groups is 1. The molecule has 0 spiro atoms. The highest BCUT2D eigenvalue weighted by molar-refractivity contribution is 7.99. The molecule has 1 N–H and O–H groups in total. The molecule has 2 aromatic heterocycles. The van der Waals surface area contributed by atoms with E-state index >= 15 is 0 Å². The van der Waals surface area contributed by atoms with Crippen molar-refractivity contribution in [3.05, 3.63) is 63.8 Å². The number of benzene rings is 1. The Hall–Kier alpha value is -2.76. The maximum absolute atomic E-state index is 12.1. The first kappa shape index (κ1) is 20.5. The lowest BCUT2D eigenvalue weighted by Gasteiger charge is -2.25. The molecule has 0 saturated carbocycles. The van der Waals surface area contributed by atoms with E-state index in [1.807, 2.05) is 19.1 Å². The van der Waals surface area contributed by atoms with Gasteiger partial charge in [0.2, 0.25) is 11.0 Å². The minimum atomic E-state index is -0.110. The van der Waals surface area contributed by atoms with Crippen LogP contribution in [0.1, 0.15) is 46.2 Å². The molecule has 0 fully saturated rings. The van der Waals surface area contributed by atoms with E-state index in [0.717, 1.165) is 30.0 Å². The molecule has 1 aliphatic rings. The molecule has 1 aliphatic carbocycles. The number of amides is 1. The van der Waals surface area contributed by atoms with E-state index in [1.165, 1.54) is 34.2 Å². The Bertz CT molecular complexity index is 1090. The van der Waals surface area contributed by atoms with E-state index in [-0.39, 0.29) is 5.91 Å². The monoisotopic (exact) mass is 435 g/mol. The molecule has 8 heteroatoms. The van der Waals surface area contributed by atoms with E-state index in [9.17, 15) is 10.1 Å². The molecule has 0 radical (unpaired) electrons. The van der Waals surface area contributed by atoms with Crippen molar-refractivity contribution in [3.63, 3.8) is 0 Å². The minimum Gasteiger partial charge on any atom is -0.301 e. The third-order valence-electron chi connectivity index (χ3n) is 5.08. The summed E-state index contributed by atoms with van der Waals surface area (Å²) in [4.78, 5) is 16.9. The zero-order chi connectivity index (χ0) is 20.9. The quantitative estimate of drug-likeness (QED) is 0.573. The highest BCUT2D eigenvalue weighted by atomic mass is 32.2. The summed E-state index contributed by atoms with van der Waals surface area (Å²) < 4.78 is 0. The second-order valence-electron chi connectivity index (χ2n) is 7.18. The first-order chi connectivity index (χ1) is 14.6. The van der Waals surface area contributed by atoms with Gasteiger partial charge < -0.3 is 5.32 Å². The van der Waals surface area contributed by atoms with Gasteiger partial charge in [-0.1, -0.05) is 41.7 Å². The average molecular weight is 436 g/mol. The Morgan fingerprint density at radius 3 is 2.90 bits per heavy atom. The number of aromatic nitrogens is 3. The number of anilines is 1. The molecule has 152 valence electrons. The van der Waals surface area contributed by atoms with Crippen molar-refractivity contribution >= 4 is 34.1 Å². The van der Waals surface area contributed by atoms with Gasteiger partial charge in [-0.15, -0.1) is 22.0 Å². The van der Waals surface area contributed by atoms with Crippen LogP contribution >= 0.6 is 23.1 Å². The van der Waals surface area contributed by atoms with Crippen LogP contribution in [-0.4, -0.2) is 26.8 Å². The van der Waals surface area contributed by atoms with Crippen molar-refractivity contribution < 1.29 is 4.79 Å². The lowest BCUT2D eigenvalue weighted by atomic mass is 9.82. The van der Waals surface area contributed by atoms with Crippen molar-refractivity contribution in [2.45, 2.75) is 43.6 Å². The SMILES string of the molecule is Cc1nnc(NC(=O)CCSc2nc3c(cc2C#N)CC(c2ccccc2)CC3)s1. The summed E-state index contributed by atoms with van der Waals surface area (Å²) in [5, 5.41) is 22.2. The summed E-state index contributed by atoms with van der Waals surface area (Å²) in [6.45, 7) is 1.84. The van der Waals surface area contributed by atoms with Crippen LogP contribution in [0.25, 0.3) is 0 Å². The highest BCUT2D eigenvalue weighted by Gasteiger charge is 2.23. The third-order valence-corrected chi connectivity index (χ3v) is 6.83. The Morgan fingerprint density at radius 1 is 1.33 bits per heavy atom. The summed E-state index contributed by atoms with van der Waals surface area (Å²) in [7, 11) is 0. The van der Waals surface area contributed by atoms with Gasteiger partial charge >= 0.3 is 0 Å². The Kier molecular flexibility index (Phi) is 6.41. The van der Waals surface area contributed by atoms with E-state index in [1.54, 1.807) is 0 Å². The maximum atomic E-state index is 12.1. The Morgan fingerprint density at radius 2 is 2.17 bits per heavy atom. The number of pyridine rings is 1. The number of aryl methyl sites for hydroxylation is 2. The minimum absolute atomic E-state index is 0.110. The maximum Gasteiger partial charge on any atom is 0.227 e. The van der Waals surface area contributed by atoms with Gasteiger partial charge in [0, 0.05) is 17.9 Å². The molecule has 0 bridgehead atoms. The second-order valence-corrected chi connectivity index (χ2v) is 9.45. The van der Waals surface area contributed by atoms with E-state index < -0.39 is 0 Å². The standard InChI is InChI=1S/C22H21N5OS2/c1-14-26-27-22(30-14)25-20(28)9-10-29-21-18(13-23)12-17-11-16(7-8-19(17)24-21)15-5-3-2-4-6-15/h2-6,12,16H,7-11H2,1H3,(H,25,27,28). The molecule has 0 aliphatic heterocycles. The van der Waals surface area contributed by atoms with Gasteiger partial charge in [-0.3, -0.25) is 4.79 Å². The fourth-order valence-corrected chi connectivity index (χ4v) is 5.14. The van der Waals surface area contributed by atoms with Crippen molar-refractivity contribution in [2.24, 2.45) is 0 Å². The predicted molar refractivity (Wildman–Crippen MR) is 119 cm³/mol. The van der Waals surface area contributed by atoms with Crippen molar-refractivity contribution in [1.82, 2.24) is 15.2 Å². The normalized spacial score (nSPS) is 15.3. The van der Waals surface area contributed by atoms with Gasteiger partial charge in [-0.25, -0.2) is 4.98 Å². The summed E-state index contributed by atoms with van der Waals surface area (Å²) in [6.07, 6.45) is 3.20. The van der Waals surface area contributed by atoms with E-state index in [0.29, 0.717) is 33.8 Å². The average Bonchev–Trinajstić information content (AvgIpc) is 3.17. The molecule has 4 rings (SSSR count). The van der Waals surface area contributed by atoms with Gasteiger partial charge in [0.15, 0.2) is 0 Å². The molecule has 2 heterocycles. The first-order valence-corrected chi connectivity index (χ1v) is 11.6. The molecular weight excluding hydrogens is 414 g/mol. The fraction of sp³-hybridized carbons (Fsp3) is 0.318. The van der Waals surface area contributed by atoms with Gasteiger partial charge in [0.25, 0.3) is 0 Å². The lowest BCUT2D eigenvalue weighted by Crippen LogP contribution is -2.15. The first-order valence-electron chi connectivity index (χ1n) is 9.83. The van der Waals surface area contributed by atoms with Crippen LogP contribution in [0.4, 0.5) is 5.13 Å². The molecule has 0 saturated heterocycles. The summed E-state index contributed by atoms with van der Waals surface area (Å²) in [5.41, 5.74) is 4.18. The van der Waals surface area contributed by atoms with Crippen LogP contribution in [0.15, 0.2) is 41.4 Å². The van der Waals surface area contributed by atoms with Crippen LogP contribution in [0.2, 0.25) is 0 Å². The molecule has 1 atom stereocenters. The molecule has 30 heavy (non-hydrogen) atoms. The smallest absolute Gasteiger partial charge is 0.227 e. The van der Waals surface area contributed by atoms with Gasteiger partial charge in [-0.2, -0.15) is 5.26 Å². The number of nitrogens with zero attached hydrogens (tertiary/aromatic N) is 4. The number of hydrogen-bond acceptors (Lipinski definition) is 7. The molecule has 1 aromatic carbocycles. The van der Waals surface area contributed by atoms with Crippen LogP contribution in [0, 0.1) is 18.3 Å². The number of hydrogen-bond donors (Lipinski definition) is 1. The number of carbonyl (C=O) groups excluding carboxylic acids is 1. The Labute approximate surface area is 183 Å². The number of nitrogens with one attached hydrogen (secondary N) is 1. The summed E-state index contributed by atoms with van der Waals surface area (Å²) in [6, 6.07) is 14.8. The van der Waals surface area contributed by atoms with Crippen molar-refractivity contribution in [2.75, 3.05) is 11.1 Å². The van der Waals surface area contributed by atoms with Gasteiger partial charge in [-0.05, 0) is 49.3 Å². The van der Waals surface area contributed by atoms with Crippen molar-refractivity contribution in [1.29, 1.82) is 5.26 Å². The van der Waals surface area contributed by atoms with Gasteiger partial charge in [0.1, 0.15) is 16.1 Å².